The summed E-state index contributed by atoms with van der Waals surface area (Å²) in [6.45, 7) is 0.0312. The van der Waals surface area contributed by atoms with E-state index in [1.807, 2.05) is 24.3 Å². The summed E-state index contributed by atoms with van der Waals surface area (Å²) in [5, 5.41) is 10.3. The quantitative estimate of drug-likeness (QED) is 0.675. The highest BCUT2D eigenvalue weighted by molar-refractivity contribution is 5.30. The van der Waals surface area contributed by atoms with E-state index in [2.05, 4.69) is 0 Å². The molecule has 5 heteroatoms. The van der Waals surface area contributed by atoms with Crippen molar-refractivity contribution in [3.63, 3.8) is 0 Å². The molecule has 0 aliphatic heterocycles. The Morgan fingerprint density at radius 1 is 1.25 bits per heavy atom. The van der Waals surface area contributed by atoms with E-state index in [0.29, 0.717) is 6.42 Å². The molecule has 1 N–H and O–H groups in total. The maximum Gasteiger partial charge on any atom is 0.389 e. The fourth-order valence-corrected chi connectivity index (χ4v) is 2.58. The minimum atomic E-state index is -4.14. The molecule has 0 fully saturated rings. The van der Waals surface area contributed by atoms with Gasteiger partial charge >= 0.3 is 6.18 Å². The normalized spacial score (nSPS) is 23.2. The van der Waals surface area contributed by atoms with Gasteiger partial charge in [-0.05, 0) is 36.8 Å². The van der Waals surface area contributed by atoms with Gasteiger partial charge in [0.1, 0.15) is 6.10 Å². The highest BCUT2D eigenvalue weighted by Gasteiger charge is 2.28. The number of fused-ring (bicyclic) bond motifs is 1. The molecule has 0 amide bonds. The Bertz CT molecular complexity index is 431. The van der Waals surface area contributed by atoms with E-state index in [1.54, 1.807) is 0 Å². The summed E-state index contributed by atoms with van der Waals surface area (Å²) in [6, 6.07) is 7.62. The molecule has 1 aromatic carbocycles. The van der Waals surface area contributed by atoms with Gasteiger partial charge in [-0.1, -0.05) is 24.3 Å². The fraction of sp³-hybridized carbons (Fsp3) is 0.600. The molecule has 0 aromatic heterocycles. The largest absolute Gasteiger partial charge is 0.389 e. The predicted molar refractivity (Wildman–Crippen MR) is 69.4 cm³/mol. The smallest absolute Gasteiger partial charge is 0.386 e. The van der Waals surface area contributed by atoms with E-state index in [1.165, 1.54) is 0 Å². The van der Waals surface area contributed by atoms with Crippen molar-refractivity contribution in [2.45, 2.75) is 50.5 Å². The summed E-state index contributed by atoms with van der Waals surface area (Å²) >= 11 is 0. The van der Waals surface area contributed by atoms with E-state index in [9.17, 15) is 18.3 Å². The number of halogens is 3. The molecule has 2 atom stereocenters. The van der Waals surface area contributed by atoms with Crippen molar-refractivity contribution in [1.82, 2.24) is 0 Å². The molecule has 0 heterocycles. The second kappa shape index (κ2) is 6.59. The summed E-state index contributed by atoms with van der Waals surface area (Å²) < 4.78 is 41.6. The van der Waals surface area contributed by atoms with E-state index < -0.39 is 24.8 Å². The molecule has 1 aliphatic carbocycles. The van der Waals surface area contributed by atoms with Gasteiger partial charge in [0.05, 0.1) is 6.10 Å². The number of hydrogen-bond donors (Lipinski definition) is 1. The van der Waals surface area contributed by atoms with Crippen LogP contribution in [0.15, 0.2) is 24.3 Å². The highest BCUT2D eigenvalue weighted by Crippen LogP contribution is 2.31. The van der Waals surface area contributed by atoms with E-state index in [0.717, 1.165) is 24.0 Å². The van der Waals surface area contributed by atoms with Crippen LogP contribution in [0.3, 0.4) is 0 Å². The number of rotatable bonds is 4. The Balaban J connectivity index is 1.90. The van der Waals surface area contributed by atoms with Crippen LogP contribution in [0.1, 0.15) is 42.9 Å². The summed E-state index contributed by atoms with van der Waals surface area (Å²) in [7, 11) is 0. The maximum atomic E-state index is 12.1. The first-order valence-electron chi connectivity index (χ1n) is 6.91. The van der Waals surface area contributed by atoms with Crippen molar-refractivity contribution in [3.8, 4) is 0 Å². The zero-order chi connectivity index (χ0) is 14.6. The van der Waals surface area contributed by atoms with Gasteiger partial charge in [0.2, 0.25) is 0 Å². The molecule has 20 heavy (non-hydrogen) atoms. The summed E-state index contributed by atoms with van der Waals surface area (Å²) in [4.78, 5) is 0. The lowest BCUT2D eigenvalue weighted by Crippen LogP contribution is -2.22. The first-order valence-corrected chi connectivity index (χ1v) is 6.91. The number of aliphatic hydroxyl groups is 1. The highest BCUT2D eigenvalue weighted by atomic mass is 19.4. The second-order valence-corrected chi connectivity index (χ2v) is 5.16. The van der Waals surface area contributed by atoms with Crippen molar-refractivity contribution < 1.29 is 23.0 Å². The number of alkyl halides is 3. The molecule has 0 saturated heterocycles. The van der Waals surface area contributed by atoms with Crippen molar-refractivity contribution >= 4 is 0 Å². The first kappa shape index (κ1) is 15.3. The number of aryl methyl sites for hydroxylation is 1. The molecule has 2 nitrogen and oxygen atoms in total. The molecular weight excluding hydrogens is 269 g/mol. The molecule has 2 rings (SSSR count). The molecule has 1 aliphatic rings. The van der Waals surface area contributed by atoms with Crippen molar-refractivity contribution in [1.29, 1.82) is 0 Å². The average molecular weight is 288 g/mol. The van der Waals surface area contributed by atoms with Crippen LogP contribution in [0.25, 0.3) is 0 Å². The third kappa shape index (κ3) is 4.21. The molecule has 2 unspecified atom stereocenters. The maximum absolute atomic E-state index is 12.1. The van der Waals surface area contributed by atoms with Crippen LogP contribution in [-0.4, -0.2) is 24.0 Å². The van der Waals surface area contributed by atoms with Crippen LogP contribution in [0.4, 0.5) is 13.2 Å². The van der Waals surface area contributed by atoms with Crippen LogP contribution in [0, 0.1) is 0 Å². The van der Waals surface area contributed by atoms with Gasteiger partial charge in [0, 0.05) is 13.0 Å². The van der Waals surface area contributed by atoms with Crippen molar-refractivity contribution in [2.24, 2.45) is 0 Å². The third-order valence-corrected chi connectivity index (χ3v) is 3.60. The molecule has 0 spiro atoms. The molecular formula is C15H19F3O2. The zero-order valence-corrected chi connectivity index (χ0v) is 11.2. The predicted octanol–water partition coefficient (Wildman–Crippen LogP) is 3.78. The minimum absolute atomic E-state index is 0.0312. The van der Waals surface area contributed by atoms with Gasteiger partial charge in [0.25, 0.3) is 0 Å². The monoisotopic (exact) mass is 288 g/mol. The molecule has 112 valence electrons. The summed E-state index contributed by atoms with van der Waals surface area (Å²) in [5.41, 5.74) is 1.94. The van der Waals surface area contributed by atoms with Gasteiger partial charge in [-0.3, -0.25) is 0 Å². The van der Waals surface area contributed by atoms with E-state index in [4.69, 9.17) is 4.74 Å². The van der Waals surface area contributed by atoms with Crippen LogP contribution >= 0.6 is 0 Å². The molecule has 0 saturated carbocycles. The lowest BCUT2D eigenvalue weighted by atomic mass is 10.0. The Morgan fingerprint density at radius 3 is 2.75 bits per heavy atom. The van der Waals surface area contributed by atoms with E-state index >= 15 is 0 Å². The van der Waals surface area contributed by atoms with E-state index in [-0.39, 0.29) is 13.0 Å². The lowest BCUT2D eigenvalue weighted by molar-refractivity contribution is -0.140. The molecule has 1 aromatic rings. The topological polar surface area (TPSA) is 29.5 Å². The van der Waals surface area contributed by atoms with Gasteiger partial charge < -0.3 is 9.84 Å². The van der Waals surface area contributed by atoms with Gasteiger partial charge in [-0.25, -0.2) is 0 Å². The number of ether oxygens (including phenoxy) is 1. The molecule has 0 bridgehead atoms. The Labute approximate surface area is 116 Å². The van der Waals surface area contributed by atoms with Gasteiger partial charge in [-0.15, -0.1) is 0 Å². The number of aliphatic hydroxyl groups excluding tert-OH is 1. The minimum Gasteiger partial charge on any atom is -0.386 e. The number of benzene rings is 1. The van der Waals surface area contributed by atoms with Crippen molar-refractivity contribution in [3.05, 3.63) is 35.4 Å². The van der Waals surface area contributed by atoms with Crippen LogP contribution in [-0.2, 0) is 11.2 Å². The Hall–Kier alpha value is -1.07. The lowest BCUT2D eigenvalue weighted by Gasteiger charge is -2.22. The fourth-order valence-electron chi connectivity index (χ4n) is 2.58. The number of hydrogen-bond acceptors (Lipinski definition) is 2. The van der Waals surface area contributed by atoms with Crippen LogP contribution in [0.5, 0.6) is 0 Å². The van der Waals surface area contributed by atoms with Crippen LogP contribution < -0.4 is 0 Å². The SMILES string of the molecule is OC1c2ccccc2CCCC1OCCCC(F)(F)F. The van der Waals surface area contributed by atoms with Gasteiger partial charge in [0.15, 0.2) is 0 Å². The summed E-state index contributed by atoms with van der Waals surface area (Å²) in [5.74, 6) is 0. The Kier molecular flexibility index (Phi) is 5.05. The second-order valence-electron chi connectivity index (χ2n) is 5.16. The zero-order valence-electron chi connectivity index (χ0n) is 11.2. The Morgan fingerprint density at radius 2 is 2.00 bits per heavy atom. The first-order chi connectivity index (χ1) is 9.47. The standard InChI is InChI=1S/C15H19F3O2/c16-15(17,18)9-4-10-20-13-8-3-6-11-5-1-2-7-12(11)14(13)19/h1-2,5,7,13-14,19H,3-4,6,8-10H2. The summed E-state index contributed by atoms with van der Waals surface area (Å²) in [6.07, 6.45) is -3.79. The molecule has 0 radical (unpaired) electrons. The third-order valence-electron chi connectivity index (χ3n) is 3.60. The van der Waals surface area contributed by atoms with Crippen molar-refractivity contribution in [2.75, 3.05) is 6.61 Å². The average Bonchev–Trinajstić information content (AvgIpc) is 2.54. The van der Waals surface area contributed by atoms with Crippen LogP contribution in [0.2, 0.25) is 0 Å². The van der Waals surface area contributed by atoms with Gasteiger partial charge in [-0.2, -0.15) is 13.2 Å².